The summed E-state index contributed by atoms with van der Waals surface area (Å²) in [4.78, 5) is 35.1. The molecule has 1 aromatic heterocycles. The SMILES string of the molecule is COC(=O)c1ccccc1S(=O)(=O)NC(=O)NCc1nc(C)nc(OC)n1. The van der Waals surface area contributed by atoms with Gasteiger partial charge in [0, 0.05) is 0 Å². The first-order chi connectivity index (χ1) is 12.8. The number of hydrogen-bond acceptors (Lipinski definition) is 9. The summed E-state index contributed by atoms with van der Waals surface area (Å²) < 4.78 is 36.1. The minimum Gasteiger partial charge on any atom is -0.467 e. The first-order valence-electron chi connectivity index (χ1n) is 7.50. The van der Waals surface area contributed by atoms with Gasteiger partial charge in [-0.15, -0.1) is 0 Å². The molecule has 0 unspecified atom stereocenters. The third-order valence-corrected chi connectivity index (χ3v) is 4.56. The Labute approximate surface area is 155 Å². The van der Waals surface area contributed by atoms with E-state index < -0.39 is 22.0 Å². The number of amides is 2. The summed E-state index contributed by atoms with van der Waals surface area (Å²) in [6, 6.07) is 4.40. The molecule has 144 valence electrons. The fourth-order valence-electron chi connectivity index (χ4n) is 2.03. The van der Waals surface area contributed by atoms with Gasteiger partial charge in [0.15, 0.2) is 5.82 Å². The maximum absolute atomic E-state index is 12.4. The van der Waals surface area contributed by atoms with Crippen LogP contribution in [0.25, 0.3) is 0 Å². The van der Waals surface area contributed by atoms with Crippen molar-refractivity contribution in [1.29, 1.82) is 0 Å². The molecule has 0 aliphatic heterocycles. The topological polar surface area (TPSA) is 149 Å². The van der Waals surface area contributed by atoms with E-state index in [1.54, 1.807) is 6.92 Å². The smallest absolute Gasteiger partial charge is 0.339 e. The number of urea groups is 1. The fraction of sp³-hybridized carbons (Fsp3) is 0.267. The van der Waals surface area contributed by atoms with Gasteiger partial charge in [0.2, 0.25) is 0 Å². The van der Waals surface area contributed by atoms with Gasteiger partial charge in [-0.05, 0) is 19.1 Å². The zero-order valence-electron chi connectivity index (χ0n) is 14.7. The molecule has 2 N–H and O–H groups in total. The molecule has 0 spiro atoms. The van der Waals surface area contributed by atoms with Gasteiger partial charge in [-0.2, -0.15) is 9.97 Å². The van der Waals surface area contributed by atoms with E-state index in [0.717, 1.165) is 7.11 Å². The van der Waals surface area contributed by atoms with Crippen molar-refractivity contribution >= 4 is 22.0 Å². The Bertz CT molecular complexity index is 963. The van der Waals surface area contributed by atoms with Gasteiger partial charge in [-0.3, -0.25) is 0 Å². The summed E-state index contributed by atoms with van der Waals surface area (Å²) in [5.41, 5.74) is -0.196. The quantitative estimate of drug-likeness (QED) is 0.652. The highest BCUT2D eigenvalue weighted by molar-refractivity contribution is 7.90. The summed E-state index contributed by atoms with van der Waals surface area (Å²) in [7, 11) is -1.81. The maximum Gasteiger partial charge on any atom is 0.339 e. The van der Waals surface area contributed by atoms with Crippen LogP contribution < -0.4 is 14.8 Å². The minimum absolute atomic E-state index is 0.0688. The van der Waals surface area contributed by atoms with Crippen LogP contribution in [0.15, 0.2) is 29.2 Å². The molecular formula is C15H17N5O6S. The largest absolute Gasteiger partial charge is 0.467 e. The highest BCUT2D eigenvalue weighted by Gasteiger charge is 2.24. The molecule has 0 aliphatic carbocycles. The van der Waals surface area contributed by atoms with Crippen LogP contribution in [0, 0.1) is 6.92 Å². The molecule has 0 bridgehead atoms. The number of rotatable bonds is 6. The van der Waals surface area contributed by atoms with Gasteiger partial charge in [-0.1, -0.05) is 12.1 Å². The second-order valence-electron chi connectivity index (χ2n) is 5.06. The van der Waals surface area contributed by atoms with Crippen molar-refractivity contribution in [1.82, 2.24) is 25.0 Å². The van der Waals surface area contributed by atoms with Crippen LogP contribution in [-0.4, -0.2) is 49.6 Å². The number of aryl methyl sites for hydroxylation is 1. The third-order valence-electron chi connectivity index (χ3n) is 3.17. The highest BCUT2D eigenvalue weighted by atomic mass is 32.2. The molecule has 0 atom stereocenters. The molecule has 1 heterocycles. The third kappa shape index (κ3) is 5.10. The van der Waals surface area contributed by atoms with Gasteiger partial charge in [0.05, 0.1) is 26.3 Å². The van der Waals surface area contributed by atoms with Gasteiger partial charge in [0.1, 0.15) is 10.7 Å². The lowest BCUT2D eigenvalue weighted by molar-refractivity contribution is 0.0596. The molecule has 1 aromatic carbocycles. The maximum atomic E-state index is 12.4. The van der Waals surface area contributed by atoms with Crippen molar-refractivity contribution in [3.05, 3.63) is 41.5 Å². The van der Waals surface area contributed by atoms with Gasteiger partial charge in [0.25, 0.3) is 10.0 Å². The number of sulfonamides is 1. The molecule has 27 heavy (non-hydrogen) atoms. The van der Waals surface area contributed by atoms with Crippen LogP contribution in [0.3, 0.4) is 0 Å². The predicted octanol–water partition coefficient (Wildman–Crippen LogP) is 0.163. The zero-order valence-corrected chi connectivity index (χ0v) is 15.5. The summed E-state index contributed by atoms with van der Waals surface area (Å²) in [6.45, 7) is 1.45. The summed E-state index contributed by atoms with van der Waals surface area (Å²) in [5.74, 6) is -0.287. The molecule has 0 saturated heterocycles. The van der Waals surface area contributed by atoms with Crippen molar-refractivity contribution < 1.29 is 27.5 Å². The minimum atomic E-state index is -4.31. The normalized spacial score (nSPS) is 10.8. The van der Waals surface area contributed by atoms with E-state index in [-0.39, 0.29) is 28.8 Å². The van der Waals surface area contributed by atoms with Crippen molar-refractivity contribution in [2.45, 2.75) is 18.4 Å². The van der Waals surface area contributed by atoms with E-state index in [2.05, 4.69) is 25.0 Å². The Kier molecular flexibility index (Phi) is 6.23. The Balaban J connectivity index is 2.11. The van der Waals surface area contributed by atoms with Crippen molar-refractivity contribution in [3.63, 3.8) is 0 Å². The molecule has 2 amide bonds. The van der Waals surface area contributed by atoms with Crippen LogP contribution >= 0.6 is 0 Å². The molecular weight excluding hydrogens is 378 g/mol. The lowest BCUT2D eigenvalue weighted by Crippen LogP contribution is -2.39. The number of aromatic nitrogens is 3. The first-order valence-corrected chi connectivity index (χ1v) is 8.98. The Morgan fingerprint density at radius 1 is 1.11 bits per heavy atom. The Hall–Kier alpha value is -3.28. The Morgan fingerprint density at radius 2 is 1.81 bits per heavy atom. The fourth-order valence-corrected chi connectivity index (χ4v) is 3.16. The van der Waals surface area contributed by atoms with Crippen LogP contribution in [0.4, 0.5) is 4.79 Å². The molecule has 0 fully saturated rings. The van der Waals surface area contributed by atoms with E-state index in [4.69, 9.17) is 4.74 Å². The number of esters is 1. The van der Waals surface area contributed by atoms with Crippen molar-refractivity contribution in [3.8, 4) is 6.01 Å². The molecule has 11 nitrogen and oxygen atoms in total. The van der Waals surface area contributed by atoms with E-state index >= 15 is 0 Å². The zero-order chi connectivity index (χ0) is 20.0. The molecule has 12 heteroatoms. The number of nitrogens with zero attached hydrogens (tertiary/aromatic N) is 3. The van der Waals surface area contributed by atoms with Crippen molar-refractivity contribution in [2.24, 2.45) is 0 Å². The monoisotopic (exact) mass is 395 g/mol. The second kappa shape index (κ2) is 8.40. The molecule has 0 saturated carbocycles. The van der Waals surface area contributed by atoms with E-state index in [9.17, 15) is 18.0 Å². The number of carbonyl (C=O) groups is 2. The van der Waals surface area contributed by atoms with Gasteiger partial charge in [-0.25, -0.2) is 27.7 Å². The number of carbonyl (C=O) groups excluding carboxylic acids is 2. The predicted molar refractivity (Wildman–Crippen MR) is 91.5 cm³/mol. The molecule has 2 aromatic rings. The average Bonchev–Trinajstić information content (AvgIpc) is 2.65. The summed E-state index contributed by atoms with van der Waals surface area (Å²) in [5, 5.41) is 2.31. The Morgan fingerprint density at radius 3 is 2.48 bits per heavy atom. The van der Waals surface area contributed by atoms with E-state index in [1.807, 2.05) is 4.72 Å². The molecule has 0 aliphatic rings. The lowest BCUT2D eigenvalue weighted by atomic mass is 10.2. The first kappa shape index (κ1) is 20.0. The second-order valence-corrected chi connectivity index (χ2v) is 6.71. The van der Waals surface area contributed by atoms with Crippen molar-refractivity contribution in [2.75, 3.05) is 14.2 Å². The number of ether oxygens (including phenoxy) is 2. The van der Waals surface area contributed by atoms with E-state index in [0.29, 0.717) is 5.82 Å². The van der Waals surface area contributed by atoms with E-state index in [1.165, 1.54) is 31.4 Å². The van der Waals surface area contributed by atoms with Crippen LogP contribution in [0.2, 0.25) is 0 Å². The van der Waals surface area contributed by atoms with Crippen LogP contribution in [0.1, 0.15) is 22.0 Å². The summed E-state index contributed by atoms with van der Waals surface area (Å²) in [6.07, 6.45) is 0. The van der Waals surface area contributed by atoms with Gasteiger partial charge >= 0.3 is 18.0 Å². The van der Waals surface area contributed by atoms with Crippen LogP contribution in [0.5, 0.6) is 6.01 Å². The molecule has 0 radical (unpaired) electrons. The lowest BCUT2D eigenvalue weighted by Gasteiger charge is -2.11. The molecule has 2 rings (SSSR count). The number of hydrogen-bond donors (Lipinski definition) is 2. The van der Waals surface area contributed by atoms with Crippen LogP contribution in [-0.2, 0) is 21.3 Å². The summed E-state index contributed by atoms with van der Waals surface area (Å²) >= 11 is 0. The van der Waals surface area contributed by atoms with Gasteiger partial charge < -0.3 is 14.8 Å². The average molecular weight is 395 g/mol. The standard InChI is InChI=1S/C15H17N5O6S/c1-9-17-12(19-15(18-9)26-3)8-16-14(22)20-27(23,24)11-7-5-4-6-10(11)13(21)25-2/h4-7H,8H2,1-3H3,(H2,16,20,22). The number of benzene rings is 1. The number of methoxy groups -OCH3 is 2. The number of nitrogens with one attached hydrogen (secondary N) is 2. The highest BCUT2D eigenvalue weighted by Crippen LogP contribution is 2.16.